The molecule has 4 aromatic carbocycles. The molecule has 7 nitrogen and oxygen atoms in total. The third-order valence-corrected chi connectivity index (χ3v) is 9.58. The zero-order valence-corrected chi connectivity index (χ0v) is 27.1. The first kappa shape index (κ1) is 33.7. The van der Waals surface area contributed by atoms with E-state index in [-0.39, 0.29) is 35.5 Å². The van der Waals surface area contributed by atoms with Crippen LogP contribution < -0.4 is 9.62 Å². The molecule has 45 heavy (non-hydrogen) atoms. The number of benzene rings is 4. The highest BCUT2D eigenvalue weighted by molar-refractivity contribution is 7.92. The van der Waals surface area contributed by atoms with Crippen LogP contribution in [-0.4, -0.2) is 43.8 Å². The van der Waals surface area contributed by atoms with Crippen molar-refractivity contribution in [1.82, 2.24) is 10.2 Å². The number of nitrogens with one attached hydrogen (secondary N) is 1. The average molecular weight is 650 g/mol. The molecule has 4 aromatic rings. The highest BCUT2D eigenvalue weighted by atomic mass is 35.5. The van der Waals surface area contributed by atoms with Gasteiger partial charge in [0.1, 0.15) is 18.4 Å². The summed E-state index contributed by atoms with van der Waals surface area (Å²) in [6.45, 7) is 5.06. The number of sulfonamides is 1. The Labute approximate surface area is 269 Å². The van der Waals surface area contributed by atoms with E-state index in [0.717, 1.165) is 27.6 Å². The smallest absolute Gasteiger partial charge is 0.264 e. The molecule has 0 heterocycles. The van der Waals surface area contributed by atoms with Gasteiger partial charge in [0.25, 0.3) is 10.0 Å². The van der Waals surface area contributed by atoms with E-state index in [1.54, 1.807) is 36.4 Å². The summed E-state index contributed by atoms with van der Waals surface area (Å²) in [5.74, 6) is -1.51. The fourth-order valence-corrected chi connectivity index (χ4v) is 6.30. The van der Waals surface area contributed by atoms with Crippen molar-refractivity contribution >= 4 is 39.1 Å². The van der Waals surface area contributed by atoms with Crippen molar-refractivity contribution in [2.45, 2.75) is 57.1 Å². The maximum Gasteiger partial charge on any atom is 0.264 e. The standard InChI is InChI=1S/C35H37ClFN3O4S/c1-4-26(3)38-35(42)33(22-27-8-6-5-7-9-27)39(23-28-12-14-29(36)15-13-28)34(41)24-40(31-18-16-30(37)17-19-31)45(43,44)32-20-10-25(2)11-21-32/h5-21,26,33H,4,22-24H2,1-3H3,(H,38,42)/t26-,33-/m0/s1. The number of amides is 2. The van der Waals surface area contributed by atoms with Crippen LogP contribution in [0.2, 0.25) is 5.02 Å². The number of carbonyl (C=O) groups is 2. The van der Waals surface area contributed by atoms with Gasteiger partial charge in [0.2, 0.25) is 11.8 Å². The number of aryl methyl sites for hydroxylation is 1. The van der Waals surface area contributed by atoms with Gasteiger partial charge in [-0.2, -0.15) is 0 Å². The second kappa shape index (κ2) is 15.2. The number of hydrogen-bond donors (Lipinski definition) is 1. The predicted octanol–water partition coefficient (Wildman–Crippen LogP) is 6.54. The van der Waals surface area contributed by atoms with E-state index in [4.69, 9.17) is 11.6 Å². The molecular weight excluding hydrogens is 613 g/mol. The van der Waals surface area contributed by atoms with Crippen LogP contribution in [0.1, 0.15) is 37.0 Å². The van der Waals surface area contributed by atoms with E-state index in [2.05, 4.69) is 5.32 Å². The summed E-state index contributed by atoms with van der Waals surface area (Å²) in [6, 6.07) is 26.3. The molecule has 0 aliphatic rings. The number of hydrogen-bond acceptors (Lipinski definition) is 4. The zero-order valence-electron chi connectivity index (χ0n) is 25.5. The Bertz CT molecular complexity index is 1680. The molecule has 0 spiro atoms. The molecule has 0 aliphatic carbocycles. The first-order valence-electron chi connectivity index (χ1n) is 14.7. The molecule has 10 heteroatoms. The van der Waals surface area contributed by atoms with E-state index in [0.29, 0.717) is 17.0 Å². The number of nitrogens with zero attached hydrogens (tertiary/aromatic N) is 2. The lowest BCUT2D eigenvalue weighted by Gasteiger charge is -2.34. The van der Waals surface area contributed by atoms with Crippen LogP contribution in [0, 0.1) is 12.7 Å². The van der Waals surface area contributed by atoms with Crippen LogP contribution in [0.25, 0.3) is 0 Å². The minimum atomic E-state index is -4.27. The number of anilines is 1. The van der Waals surface area contributed by atoms with Crippen LogP contribution in [-0.2, 0) is 32.6 Å². The van der Waals surface area contributed by atoms with Gasteiger partial charge in [0.15, 0.2) is 0 Å². The second-order valence-corrected chi connectivity index (χ2v) is 13.3. The fraction of sp³-hybridized carbons (Fsp3) is 0.257. The van der Waals surface area contributed by atoms with Crippen LogP contribution in [0.5, 0.6) is 0 Å². The van der Waals surface area contributed by atoms with Crippen molar-refractivity contribution in [1.29, 1.82) is 0 Å². The maximum atomic E-state index is 14.4. The molecule has 0 aliphatic heterocycles. The number of carbonyl (C=O) groups excluding carboxylic acids is 2. The van der Waals surface area contributed by atoms with E-state index in [1.807, 2.05) is 51.1 Å². The zero-order chi connectivity index (χ0) is 32.6. The van der Waals surface area contributed by atoms with Gasteiger partial charge in [-0.1, -0.05) is 78.7 Å². The van der Waals surface area contributed by atoms with E-state index in [1.165, 1.54) is 29.2 Å². The van der Waals surface area contributed by atoms with Gasteiger partial charge in [-0.3, -0.25) is 13.9 Å². The minimum absolute atomic E-state index is 0.0171. The van der Waals surface area contributed by atoms with Crippen LogP contribution in [0.15, 0.2) is 108 Å². The summed E-state index contributed by atoms with van der Waals surface area (Å²) in [4.78, 5) is 29.7. The highest BCUT2D eigenvalue weighted by Gasteiger charge is 2.35. The van der Waals surface area contributed by atoms with Gasteiger partial charge in [0.05, 0.1) is 10.6 Å². The van der Waals surface area contributed by atoms with Gasteiger partial charge in [-0.05, 0) is 79.9 Å². The summed E-state index contributed by atoms with van der Waals surface area (Å²) in [6.07, 6.45) is 0.881. The molecule has 2 atom stereocenters. The van der Waals surface area contributed by atoms with Gasteiger partial charge in [-0.15, -0.1) is 0 Å². The molecule has 0 saturated heterocycles. The quantitative estimate of drug-likeness (QED) is 0.178. The molecule has 0 fully saturated rings. The summed E-state index contributed by atoms with van der Waals surface area (Å²) < 4.78 is 42.9. The molecule has 0 bridgehead atoms. The summed E-state index contributed by atoms with van der Waals surface area (Å²) in [7, 11) is -4.27. The lowest BCUT2D eigenvalue weighted by Crippen LogP contribution is -2.54. The van der Waals surface area contributed by atoms with Crippen molar-refractivity contribution in [3.8, 4) is 0 Å². The Morgan fingerprint density at radius 3 is 2.09 bits per heavy atom. The SMILES string of the molecule is CC[C@H](C)NC(=O)[C@H](Cc1ccccc1)N(Cc1ccc(Cl)cc1)C(=O)CN(c1ccc(F)cc1)S(=O)(=O)c1ccc(C)cc1. The van der Waals surface area contributed by atoms with E-state index >= 15 is 0 Å². The molecule has 2 amide bonds. The topological polar surface area (TPSA) is 86.8 Å². The lowest BCUT2D eigenvalue weighted by molar-refractivity contribution is -0.140. The van der Waals surface area contributed by atoms with Gasteiger partial charge in [-0.25, -0.2) is 12.8 Å². The molecule has 4 rings (SSSR count). The fourth-order valence-electron chi connectivity index (χ4n) is 4.76. The van der Waals surface area contributed by atoms with Gasteiger partial charge < -0.3 is 10.2 Å². The molecular formula is C35H37ClFN3O4S. The summed E-state index contributed by atoms with van der Waals surface area (Å²) in [5.41, 5.74) is 2.51. The number of rotatable bonds is 13. The van der Waals surface area contributed by atoms with Crippen molar-refractivity contribution in [3.05, 3.63) is 131 Å². The van der Waals surface area contributed by atoms with E-state index < -0.39 is 34.3 Å². The Balaban J connectivity index is 1.80. The molecule has 0 radical (unpaired) electrons. The molecule has 0 unspecified atom stereocenters. The summed E-state index contributed by atoms with van der Waals surface area (Å²) in [5, 5.41) is 3.52. The van der Waals surface area contributed by atoms with E-state index in [9.17, 15) is 22.4 Å². The Morgan fingerprint density at radius 1 is 0.867 bits per heavy atom. The normalized spacial score (nSPS) is 12.6. The van der Waals surface area contributed by atoms with Crippen molar-refractivity contribution in [2.24, 2.45) is 0 Å². The monoisotopic (exact) mass is 649 g/mol. The molecule has 0 aromatic heterocycles. The summed E-state index contributed by atoms with van der Waals surface area (Å²) >= 11 is 6.13. The predicted molar refractivity (Wildman–Crippen MR) is 176 cm³/mol. The minimum Gasteiger partial charge on any atom is -0.352 e. The maximum absolute atomic E-state index is 14.4. The van der Waals surface area contributed by atoms with Crippen LogP contribution in [0.4, 0.5) is 10.1 Å². The number of halogens is 2. The first-order chi connectivity index (χ1) is 21.5. The van der Waals surface area contributed by atoms with Crippen molar-refractivity contribution in [3.63, 3.8) is 0 Å². The lowest BCUT2D eigenvalue weighted by atomic mass is 10.0. The van der Waals surface area contributed by atoms with Gasteiger partial charge in [0, 0.05) is 24.0 Å². The van der Waals surface area contributed by atoms with Crippen LogP contribution >= 0.6 is 11.6 Å². The molecule has 236 valence electrons. The molecule has 0 saturated carbocycles. The molecule has 1 N–H and O–H groups in total. The largest absolute Gasteiger partial charge is 0.352 e. The second-order valence-electron chi connectivity index (χ2n) is 11.0. The van der Waals surface area contributed by atoms with Crippen LogP contribution in [0.3, 0.4) is 0 Å². The Hall–Kier alpha value is -4.21. The van der Waals surface area contributed by atoms with Crippen molar-refractivity contribution in [2.75, 3.05) is 10.8 Å². The Morgan fingerprint density at radius 2 is 1.49 bits per heavy atom. The van der Waals surface area contributed by atoms with Gasteiger partial charge >= 0.3 is 0 Å². The first-order valence-corrected chi connectivity index (χ1v) is 16.5. The highest BCUT2D eigenvalue weighted by Crippen LogP contribution is 2.26. The third kappa shape index (κ3) is 8.93. The van der Waals surface area contributed by atoms with Crippen molar-refractivity contribution < 1.29 is 22.4 Å². The third-order valence-electron chi connectivity index (χ3n) is 7.54. The average Bonchev–Trinajstić information content (AvgIpc) is 3.03. The Kier molecular flexibility index (Phi) is 11.4.